The SMILES string of the molecule is CCS(=O)c1cc(C(F)(F)F)cc(S(=O)(=O)N(C)C2CCCC(=NCC(=O)O)C2C=N)c1. The zero-order valence-electron chi connectivity index (χ0n) is 17.4. The lowest BCUT2D eigenvalue weighted by Crippen LogP contribution is -2.47. The van der Waals surface area contributed by atoms with Crippen LogP contribution in [0.1, 0.15) is 31.7 Å². The van der Waals surface area contributed by atoms with Gasteiger partial charge in [-0.1, -0.05) is 6.92 Å². The fourth-order valence-electron chi connectivity index (χ4n) is 3.56. The van der Waals surface area contributed by atoms with E-state index in [0.717, 1.165) is 16.6 Å². The highest BCUT2D eigenvalue weighted by atomic mass is 32.2. The van der Waals surface area contributed by atoms with Crippen molar-refractivity contribution in [1.29, 1.82) is 5.41 Å². The molecule has 0 aliphatic heterocycles. The number of carboxylic acid groups (broad SMARTS) is 1. The number of carbonyl (C=O) groups is 1. The van der Waals surface area contributed by atoms with Gasteiger partial charge in [-0.15, -0.1) is 0 Å². The Hall–Kier alpha value is -2.12. The second-order valence-electron chi connectivity index (χ2n) is 7.20. The van der Waals surface area contributed by atoms with Crippen LogP contribution in [0.2, 0.25) is 0 Å². The number of carboxylic acids is 1. The molecule has 1 aromatic carbocycles. The molecule has 2 N–H and O–H groups in total. The predicted molar refractivity (Wildman–Crippen MR) is 113 cm³/mol. The van der Waals surface area contributed by atoms with Crippen LogP contribution in [0, 0.1) is 11.3 Å². The van der Waals surface area contributed by atoms with Crippen LogP contribution in [-0.2, 0) is 31.8 Å². The molecule has 0 spiro atoms. The summed E-state index contributed by atoms with van der Waals surface area (Å²) in [6, 6.07) is 1.33. The molecule has 178 valence electrons. The highest BCUT2D eigenvalue weighted by molar-refractivity contribution is 7.89. The number of nitrogens with zero attached hydrogens (tertiary/aromatic N) is 2. The van der Waals surface area contributed by atoms with Crippen LogP contribution in [0.3, 0.4) is 0 Å². The molecule has 0 saturated heterocycles. The monoisotopic (exact) mass is 495 g/mol. The Kier molecular flexibility index (Phi) is 8.34. The summed E-state index contributed by atoms with van der Waals surface area (Å²) in [5, 5.41) is 16.6. The third-order valence-electron chi connectivity index (χ3n) is 5.21. The summed E-state index contributed by atoms with van der Waals surface area (Å²) in [5.41, 5.74) is -0.864. The Labute approximate surface area is 186 Å². The van der Waals surface area contributed by atoms with Crippen LogP contribution >= 0.6 is 0 Å². The highest BCUT2D eigenvalue weighted by Crippen LogP contribution is 2.35. The maximum atomic E-state index is 13.4. The van der Waals surface area contributed by atoms with E-state index in [1.54, 1.807) is 0 Å². The maximum absolute atomic E-state index is 13.4. The molecule has 1 aliphatic carbocycles. The van der Waals surface area contributed by atoms with Gasteiger partial charge in [-0.05, 0) is 37.5 Å². The van der Waals surface area contributed by atoms with Crippen molar-refractivity contribution in [1.82, 2.24) is 4.31 Å². The molecule has 3 unspecified atom stereocenters. The molecule has 32 heavy (non-hydrogen) atoms. The van der Waals surface area contributed by atoms with E-state index in [0.29, 0.717) is 37.1 Å². The standard InChI is InChI=1S/C19H24F3N3O5S2/c1-3-31(28)13-7-12(19(20,21)22)8-14(9-13)32(29,30)25(2)17-6-4-5-16(15(17)10-23)24-11-18(26)27/h7-10,15,17,23H,3-6,11H2,1-2H3,(H,26,27). The van der Waals surface area contributed by atoms with Crippen molar-refractivity contribution in [3.63, 3.8) is 0 Å². The first-order chi connectivity index (χ1) is 14.8. The van der Waals surface area contributed by atoms with E-state index in [-0.39, 0.29) is 10.6 Å². The zero-order chi connectivity index (χ0) is 24.3. The van der Waals surface area contributed by atoms with E-state index >= 15 is 0 Å². The van der Waals surface area contributed by atoms with Gasteiger partial charge in [0.1, 0.15) is 6.54 Å². The summed E-state index contributed by atoms with van der Waals surface area (Å²) in [5.74, 6) is -1.97. The molecule has 1 saturated carbocycles. The van der Waals surface area contributed by atoms with Crippen molar-refractivity contribution in [2.75, 3.05) is 19.3 Å². The molecule has 0 aromatic heterocycles. The number of alkyl halides is 3. The first-order valence-electron chi connectivity index (χ1n) is 9.67. The van der Waals surface area contributed by atoms with E-state index in [2.05, 4.69) is 4.99 Å². The number of nitrogens with one attached hydrogen (secondary N) is 1. The summed E-state index contributed by atoms with van der Waals surface area (Å²) in [7, 11) is -5.07. The lowest BCUT2D eigenvalue weighted by Gasteiger charge is -2.36. The van der Waals surface area contributed by atoms with E-state index < -0.39 is 61.9 Å². The Morgan fingerprint density at radius 2 is 2.03 bits per heavy atom. The zero-order valence-corrected chi connectivity index (χ0v) is 19.1. The Balaban J connectivity index is 2.52. The molecule has 2 rings (SSSR count). The average molecular weight is 496 g/mol. The van der Waals surface area contributed by atoms with Crippen LogP contribution in [0.5, 0.6) is 0 Å². The molecule has 8 nitrogen and oxygen atoms in total. The first-order valence-corrected chi connectivity index (χ1v) is 12.4. The quantitative estimate of drug-likeness (QED) is 0.536. The lowest BCUT2D eigenvalue weighted by atomic mass is 9.83. The van der Waals surface area contributed by atoms with Gasteiger partial charge in [0.25, 0.3) is 0 Å². The summed E-state index contributed by atoms with van der Waals surface area (Å²) < 4.78 is 79.7. The van der Waals surface area contributed by atoms with Crippen molar-refractivity contribution < 1.29 is 35.7 Å². The number of sulfonamides is 1. The molecular formula is C19H24F3N3O5S2. The van der Waals surface area contributed by atoms with E-state index in [1.165, 1.54) is 14.0 Å². The molecule has 0 radical (unpaired) electrons. The van der Waals surface area contributed by atoms with Gasteiger partial charge < -0.3 is 10.5 Å². The van der Waals surface area contributed by atoms with E-state index in [4.69, 9.17) is 10.5 Å². The molecule has 1 aliphatic rings. The third kappa shape index (κ3) is 5.81. The highest BCUT2D eigenvalue weighted by Gasteiger charge is 2.39. The molecular weight excluding hydrogens is 471 g/mol. The fraction of sp³-hybridized carbons (Fsp3) is 0.526. The van der Waals surface area contributed by atoms with Crippen LogP contribution in [0.15, 0.2) is 33.0 Å². The second kappa shape index (κ2) is 10.2. The third-order valence-corrected chi connectivity index (χ3v) is 8.35. The van der Waals surface area contributed by atoms with Crippen molar-refractivity contribution in [3.05, 3.63) is 23.8 Å². The predicted octanol–water partition coefficient (Wildman–Crippen LogP) is 2.80. The van der Waals surface area contributed by atoms with Crippen molar-refractivity contribution in [2.24, 2.45) is 10.9 Å². The largest absolute Gasteiger partial charge is 0.480 e. The topological polar surface area (TPSA) is 128 Å². The number of aliphatic imine (C=N–C) groups is 1. The van der Waals surface area contributed by atoms with Crippen molar-refractivity contribution >= 4 is 38.7 Å². The van der Waals surface area contributed by atoms with Gasteiger partial charge in [0.2, 0.25) is 10.0 Å². The number of hydrogen-bond acceptors (Lipinski definition) is 6. The molecule has 0 heterocycles. The average Bonchev–Trinajstić information content (AvgIpc) is 2.75. The van der Waals surface area contributed by atoms with Crippen LogP contribution in [0.25, 0.3) is 0 Å². The van der Waals surface area contributed by atoms with E-state index in [9.17, 15) is 30.6 Å². The Morgan fingerprint density at radius 3 is 2.56 bits per heavy atom. The smallest absolute Gasteiger partial charge is 0.416 e. The van der Waals surface area contributed by atoms with Gasteiger partial charge in [-0.2, -0.15) is 17.5 Å². The second-order valence-corrected chi connectivity index (χ2v) is 10.9. The molecule has 0 bridgehead atoms. The fourth-order valence-corrected chi connectivity index (χ4v) is 5.96. The van der Waals surface area contributed by atoms with Gasteiger partial charge >= 0.3 is 12.1 Å². The van der Waals surface area contributed by atoms with Crippen LogP contribution in [0.4, 0.5) is 13.2 Å². The minimum absolute atomic E-state index is 0.0124. The number of hydrogen-bond donors (Lipinski definition) is 2. The number of benzene rings is 1. The van der Waals surface area contributed by atoms with Gasteiger partial charge in [0.05, 0.1) is 21.3 Å². The number of rotatable bonds is 8. The van der Waals surface area contributed by atoms with Crippen LogP contribution < -0.4 is 0 Å². The molecule has 3 atom stereocenters. The molecule has 13 heteroatoms. The molecule has 1 fully saturated rings. The maximum Gasteiger partial charge on any atom is 0.416 e. The minimum Gasteiger partial charge on any atom is -0.480 e. The summed E-state index contributed by atoms with van der Waals surface area (Å²) in [6.07, 6.45) is -2.69. The summed E-state index contributed by atoms with van der Waals surface area (Å²) in [6.45, 7) is 0.980. The van der Waals surface area contributed by atoms with Gasteiger partial charge in [-0.3, -0.25) is 14.0 Å². The van der Waals surface area contributed by atoms with Gasteiger partial charge in [0, 0.05) is 41.6 Å². The minimum atomic E-state index is -4.84. The lowest BCUT2D eigenvalue weighted by molar-refractivity contribution is -0.138. The molecule has 1 aromatic rings. The summed E-state index contributed by atoms with van der Waals surface area (Å²) >= 11 is 0. The van der Waals surface area contributed by atoms with Gasteiger partial charge in [-0.25, -0.2) is 8.42 Å². The Bertz CT molecular complexity index is 1040. The molecule has 0 amide bonds. The Morgan fingerprint density at radius 1 is 1.38 bits per heavy atom. The first kappa shape index (κ1) is 26.1. The number of aliphatic carboxylic acids is 1. The normalized spacial score (nSPS) is 22.1. The van der Waals surface area contributed by atoms with Gasteiger partial charge in [0.15, 0.2) is 0 Å². The van der Waals surface area contributed by atoms with Crippen molar-refractivity contribution in [2.45, 2.75) is 48.2 Å². The number of halogens is 3. The summed E-state index contributed by atoms with van der Waals surface area (Å²) in [4.78, 5) is 13.9. The van der Waals surface area contributed by atoms with E-state index in [1.807, 2.05) is 0 Å². The van der Waals surface area contributed by atoms with Crippen molar-refractivity contribution in [3.8, 4) is 0 Å². The van der Waals surface area contributed by atoms with Crippen LogP contribution in [-0.4, -0.2) is 65.3 Å².